The number of carbonyl (C=O) groups excluding carboxylic acids is 1. The van der Waals surface area contributed by atoms with E-state index < -0.39 is 0 Å². The van der Waals surface area contributed by atoms with Gasteiger partial charge in [0.2, 0.25) is 5.95 Å². The molecule has 35 heavy (non-hydrogen) atoms. The molecular formula is C27H27ClN6O. The quantitative estimate of drug-likeness (QED) is 0.250. The lowest BCUT2D eigenvalue weighted by molar-refractivity contribution is 0.0946. The fourth-order valence-corrected chi connectivity index (χ4v) is 3.79. The van der Waals surface area contributed by atoms with E-state index in [1.54, 1.807) is 18.3 Å². The zero-order valence-corrected chi connectivity index (χ0v) is 20.6. The molecule has 0 aliphatic carbocycles. The molecule has 0 saturated heterocycles. The van der Waals surface area contributed by atoms with Crippen molar-refractivity contribution in [2.24, 2.45) is 4.99 Å². The summed E-state index contributed by atoms with van der Waals surface area (Å²) in [5, 5.41) is 7.80. The van der Waals surface area contributed by atoms with E-state index in [0.29, 0.717) is 23.2 Å². The molecule has 0 saturated carbocycles. The molecule has 0 radical (unpaired) electrons. The number of fused-ring (bicyclic) bond motifs is 1. The number of benzene rings is 2. The zero-order valence-electron chi connectivity index (χ0n) is 19.9. The Morgan fingerprint density at radius 2 is 1.97 bits per heavy atom. The third kappa shape index (κ3) is 5.94. The van der Waals surface area contributed by atoms with Crippen LogP contribution in [0.4, 0.5) is 11.6 Å². The van der Waals surface area contributed by atoms with Crippen LogP contribution in [0.1, 0.15) is 47.6 Å². The van der Waals surface area contributed by atoms with E-state index in [4.69, 9.17) is 11.6 Å². The number of hydrogen-bond acceptors (Lipinski definition) is 5. The van der Waals surface area contributed by atoms with Crippen molar-refractivity contribution >= 4 is 52.0 Å². The Bertz CT molecular complexity index is 1410. The Morgan fingerprint density at radius 1 is 1.17 bits per heavy atom. The van der Waals surface area contributed by atoms with Crippen LogP contribution in [-0.4, -0.2) is 27.1 Å². The van der Waals surface area contributed by atoms with Crippen molar-refractivity contribution in [1.82, 2.24) is 20.3 Å². The van der Waals surface area contributed by atoms with Crippen LogP contribution in [0.5, 0.6) is 0 Å². The van der Waals surface area contributed by atoms with E-state index in [2.05, 4.69) is 30.6 Å². The van der Waals surface area contributed by atoms with Crippen LogP contribution < -0.4 is 10.6 Å². The van der Waals surface area contributed by atoms with Gasteiger partial charge in [-0.05, 0) is 67.8 Å². The number of aromatic nitrogens is 3. The number of rotatable bonds is 8. The Morgan fingerprint density at radius 3 is 2.71 bits per heavy atom. The molecule has 3 N–H and O–H groups in total. The molecule has 178 valence electrons. The summed E-state index contributed by atoms with van der Waals surface area (Å²) in [7, 11) is 0. The third-order valence-corrected chi connectivity index (χ3v) is 5.65. The second-order valence-electron chi connectivity index (χ2n) is 8.03. The molecule has 0 spiro atoms. The maximum Gasteiger partial charge on any atom is 0.267 e. The van der Waals surface area contributed by atoms with E-state index in [1.165, 1.54) is 0 Å². The van der Waals surface area contributed by atoms with Gasteiger partial charge in [-0.15, -0.1) is 0 Å². The van der Waals surface area contributed by atoms with Crippen molar-refractivity contribution in [2.75, 3.05) is 5.32 Å². The smallest absolute Gasteiger partial charge is 0.267 e. The maximum atomic E-state index is 12.7. The van der Waals surface area contributed by atoms with Gasteiger partial charge in [0.1, 0.15) is 5.69 Å². The first-order chi connectivity index (χ1) is 17.0. The lowest BCUT2D eigenvalue weighted by atomic mass is 10.1. The predicted molar refractivity (Wildman–Crippen MR) is 143 cm³/mol. The van der Waals surface area contributed by atoms with E-state index in [1.807, 2.05) is 69.5 Å². The summed E-state index contributed by atoms with van der Waals surface area (Å²) in [5.74, 6) is 0.302. The number of allylic oxidation sites excluding steroid dienone is 1. The molecule has 2 heterocycles. The number of nitrogens with zero attached hydrogens (tertiary/aromatic N) is 3. The Balaban J connectivity index is 1.52. The molecule has 4 rings (SSSR count). The molecule has 4 aromatic rings. The standard InChI is InChI=1S/C27H27ClN6O/c1-4-11-29-22(5-2)23-10-12-30-27(34-23)32-21-13-17(3)25-19(14-21)15-24(33-25)26(35)31-16-18-6-8-20(28)9-7-18/h5-15,33H,4,16H2,1-3H3,(H,31,35)(H,30,32,34)/b22-5-,29-11?. The maximum absolute atomic E-state index is 12.7. The first-order valence-corrected chi connectivity index (χ1v) is 11.8. The molecule has 0 aliphatic rings. The van der Waals surface area contributed by atoms with Gasteiger partial charge in [-0.3, -0.25) is 9.79 Å². The van der Waals surface area contributed by atoms with E-state index in [9.17, 15) is 4.79 Å². The Kier molecular flexibility index (Phi) is 7.57. The fraction of sp³-hybridized carbons (Fsp3) is 0.185. The number of aryl methyl sites for hydroxylation is 1. The van der Waals surface area contributed by atoms with Crippen molar-refractivity contribution in [1.29, 1.82) is 0 Å². The summed E-state index contributed by atoms with van der Waals surface area (Å²) < 4.78 is 0. The average molecular weight is 487 g/mol. The van der Waals surface area contributed by atoms with E-state index in [0.717, 1.165) is 45.5 Å². The Labute approximate surface area is 209 Å². The average Bonchev–Trinajstić information content (AvgIpc) is 3.29. The minimum Gasteiger partial charge on any atom is -0.350 e. The zero-order chi connectivity index (χ0) is 24.8. The van der Waals surface area contributed by atoms with Gasteiger partial charge in [-0.25, -0.2) is 9.97 Å². The van der Waals surface area contributed by atoms with Crippen LogP contribution in [0.3, 0.4) is 0 Å². The molecule has 0 unspecified atom stereocenters. The highest BCUT2D eigenvalue weighted by Crippen LogP contribution is 2.26. The second-order valence-corrected chi connectivity index (χ2v) is 8.47. The minimum atomic E-state index is -0.174. The van der Waals surface area contributed by atoms with Gasteiger partial charge in [0.25, 0.3) is 5.91 Å². The van der Waals surface area contributed by atoms with Gasteiger partial charge >= 0.3 is 0 Å². The number of amides is 1. The van der Waals surface area contributed by atoms with Gasteiger partial charge in [-0.1, -0.05) is 36.7 Å². The first-order valence-electron chi connectivity index (χ1n) is 11.4. The Hall–Kier alpha value is -3.97. The number of anilines is 2. The van der Waals surface area contributed by atoms with Crippen molar-refractivity contribution in [3.05, 3.63) is 88.3 Å². The fourth-order valence-electron chi connectivity index (χ4n) is 3.67. The molecule has 2 aromatic carbocycles. The van der Waals surface area contributed by atoms with Crippen LogP contribution in [0.25, 0.3) is 16.6 Å². The molecule has 0 bridgehead atoms. The summed E-state index contributed by atoms with van der Waals surface area (Å²) in [6, 6.07) is 15.0. The summed E-state index contributed by atoms with van der Waals surface area (Å²) in [4.78, 5) is 29.4. The number of carbonyl (C=O) groups is 1. The largest absolute Gasteiger partial charge is 0.350 e. The number of aromatic amines is 1. The second kappa shape index (κ2) is 11.0. The van der Waals surface area contributed by atoms with Crippen molar-refractivity contribution in [2.45, 2.75) is 33.7 Å². The van der Waals surface area contributed by atoms with Crippen molar-refractivity contribution < 1.29 is 4.79 Å². The number of nitrogens with one attached hydrogen (secondary N) is 3. The highest BCUT2D eigenvalue weighted by Gasteiger charge is 2.12. The first kappa shape index (κ1) is 24.2. The van der Waals surface area contributed by atoms with Crippen LogP contribution >= 0.6 is 11.6 Å². The number of halogens is 1. The van der Waals surface area contributed by atoms with Gasteiger partial charge in [0, 0.05) is 40.6 Å². The number of aliphatic imine (C=N–C) groups is 1. The molecule has 7 nitrogen and oxygen atoms in total. The normalized spacial score (nSPS) is 11.8. The highest BCUT2D eigenvalue weighted by atomic mass is 35.5. The molecule has 0 aliphatic heterocycles. The lowest BCUT2D eigenvalue weighted by Gasteiger charge is -2.08. The molecule has 2 aromatic heterocycles. The van der Waals surface area contributed by atoms with Gasteiger partial charge in [-0.2, -0.15) is 0 Å². The number of H-pyrrole nitrogens is 1. The highest BCUT2D eigenvalue weighted by molar-refractivity contribution is 6.30. The lowest BCUT2D eigenvalue weighted by Crippen LogP contribution is -2.23. The van der Waals surface area contributed by atoms with Crippen molar-refractivity contribution in [3.63, 3.8) is 0 Å². The molecule has 1 amide bonds. The van der Waals surface area contributed by atoms with E-state index in [-0.39, 0.29) is 5.91 Å². The molecule has 8 heteroatoms. The van der Waals surface area contributed by atoms with Crippen molar-refractivity contribution in [3.8, 4) is 0 Å². The SMILES string of the molecule is C/C=C(\N=CCC)c1ccnc(Nc2cc(C)c3[nH]c(C(=O)NCc4ccc(Cl)cc4)cc3c2)n1. The molecule has 0 atom stereocenters. The summed E-state index contributed by atoms with van der Waals surface area (Å²) in [5.41, 5.74) is 5.76. The summed E-state index contributed by atoms with van der Waals surface area (Å²) in [6.07, 6.45) is 6.34. The third-order valence-electron chi connectivity index (χ3n) is 5.40. The van der Waals surface area contributed by atoms with Gasteiger partial charge in [0.05, 0.1) is 11.4 Å². The van der Waals surface area contributed by atoms with Gasteiger partial charge in [0.15, 0.2) is 0 Å². The topological polar surface area (TPSA) is 95.1 Å². The van der Waals surface area contributed by atoms with Gasteiger partial charge < -0.3 is 15.6 Å². The van der Waals surface area contributed by atoms with Crippen LogP contribution in [0.2, 0.25) is 5.02 Å². The predicted octanol–water partition coefficient (Wildman–Crippen LogP) is 6.43. The number of hydrogen-bond donors (Lipinski definition) is 3. The molecule has 0 fully saturated rings. The summed E-state index contributed by atoms with van der Waals surface area (Å²) >= 11 is 5.93. The molecular weight excluding hydrogens is 460 g/mol. The van der Waals surface area contributed by atoms with Crippen LogP contribution in [-0.2, 0) is 6.54 Å². The monoisotopic (exact) mass is 486 g/mol. The minimum absolute atomic E-state index is 0.174. The summed E-state index contributed by atoms with van der Waals surface area (Å²) in [6.45, 7) is 6.39. The van der Waals surface area contributed by atoms with Crippen LogP contribution in [0, 0.1) is 6.92 Å². The van der Waals surface area contributed by atoms with E-state index >= 15 is 0 Å². The van der Waals surface area contributed by atoms with Crippen LogP contribution in [0.15, 0.2) is 65.8 Å².